The molecule has 31 heavy (non-hydrogen) atoms. The Hall–Kier alpha value is -2.80. The molecule has 0 bridgehead atoms. The van der Waals surface area contributed by atoms with Crippen molar-refractivity contribution in [2.75, 3.05) is 32.8 Å². The summed E-state index contributed by atoms with van der Waals surface area (Å²) in [6.45, 7) is 9.65. The van der Waals surface area contributed by atoms with Crippen LogP contribution in [0.2, 0.25) is 0 Å². The molecule has 1 aromatic carbocycles. The van der Waals surface area contributed by atoms with E-state index in [2.05, 4.69) is 23.3 Å². The van der Waals surface area contributed by atoms with Crippen molar-refractivity contribution in [2.45, 2.75) is 32.7 Å². The fraction of sp³-hybridized carbons (Fsp3) is 0.417. The third-order valence-corrected chi connectivity index (χ3v) is 6.39. The highest BCUT2D eigenvalue weighted by atomic mass is 32.1. The van der Waals surface area contributed by atoms with Crippen LogP contribution in [0.15, 0.2) is 48.4 Å². The third-order valence-electron chi connectivity index (χ3n) is 5.39. The van der Waals surface area contributed by atoms with Crippen molar-refractivity contribution in [3.63, 3.8) is 0 Å². The van der Waals surface area contributed by atoms with E-state index in [0.29, 0.717) is 26.2 Å². The molecule has 0 saturated heterocycles. The van der Waals surface area contributed by atoms with Gasteiger partial charge in [-0.15, -0.1) is 17.9 Å². The number of rotatable bonds is 9. The minimum Gasteiger partial charge on any atom is -0.491 e. The van der Waals surface area contributed by atoms with Gasteiger partial charge >= 0.3 is 6.03 Å². The molecule has 2 heterocycles. The summed E-state index contributed by atoms with van der Waals surface area (Å²) in [4.78, 5) is 30.4. The Labute approximate surface area is 188 Å². The van der Waals surface area contributed by atoms with Crippen LogP contribution in [0, 0.1) is 6.92 Å². The van der Waals surface area contributed by atoms with Gasteiger partial charge in [-0.3, -0.25) is 4.79 Å². The van der Waals surface area contributed by atoms with Crippen molar-refractivity contribution >= 4 is 23.3 Å². The van der Waals surface area contributed by atoms with Crippen LogP contribution in [0.1, 0.15) is 35.4 Å². The molecule has 166 valence electrons. The van der Waals surface area contributed by atoms with Gasteiger partial charge in [-0.25, -0.2) is 4.79 Å². The van der Waals surface area contributed by atoms with Gasteiger partial charge in [-0.2, -0.15) is 0 Å². The maximum atomic E-state index is 13.3. The van der Waals surface area contributed by atoms with Crippen molar-refractivity contribution in [2.24, 2.45) is 0 Å². The highest BCUT2D eigenvalue weighted by Gasteiger charge is 2.33. The van der Waals surface area contributed by atoms with Crippen molar-refractivity contribution in [1.29, 1.82) is 0 Å². The molecule has 1 aromatic heterocycles. The SMILES string of the molecule is C=CCN(CC(=O)N1CCc2sccc2C1COc1ccccc1C)C(=O)NCCC. The van der Waals surface area contributed by atoms with Gasteiger partial charge in [-0.05, 0) is 48.4 Å². The molecule has 3 amide bonds. The molecular formula is C24H31N3O3S. The zero-order valence-corrected chi connectivity index (χ0v) is 19.1. The van der Waals surface area contributed by atoms with Gasteiger partial charge in [0.15, 0.2) is 0 Å². The smallest absolute Gasteiger partial charge is 0.318 e. The van der Waals surface area contributed by atoms with Crippen LogP contribution >= 0.6 is 11.3 Å². The van der Waals surface area contributed by atoms with Crippen molar-refractivity contribution in [1.82, 2.24) is 15.1 Å². The second-order valence-electron chi connectivity index (χ2n) is 7.63. The lowest BCUT2D eigenvalue weighted by Crippen LogP contribution is -2.50. The number of thiophene rings is 1. The molecule has 3 rings (SSSR count). The van der Waals surface area contributed by atoms with Gasteiger partial charge in [0.2, 0.25) is 5.91 Å². The average Bonchev–Trinajstić information content (AvgIpc) is 3.25. The highest BCUT2D eigenvalue weighted by Crippen LogP contribution is 2.34. The van der Waals surface area contributed by atoms with Crippen molar-refractivity contribution in [3.8, 4) is 5.75 Å². The van der Waals surface area contributed by atoms with Crippen LogP contribution in [-0.2, 0) is 11.2 Å². The van der Waals surface area contributed by atoms with Gasteiger partial charge < -0.3 is 19.9 Å². The summed E-state index contributed by atoms with van der Waals surface area (Å²) in [6.07, 6.45) is 3.31. The molecule has 1 aliphatic rings. The predicted octanol–water partition coefficient (Wildman–Crippen LogP) is 4.17. The lowest BCUT2D eigenvalue weighted by atomic mass is 10.0. The van der Waals surface area contributed by atoms with Crippen LogP contribution in [0.3, 0.4) is 0 Å². The molecule has 1 atom stereocenters. The standard InChI is InChI=1S/C24H31N3O3S/c1-4-12-25-24(29)26(13-5-2)16-23(28)27-14-10-22-19(11-15-31-22)20(27)17-30-21-9-7-6-8-18(21)3/h5-9,11,15,20H,2,4,10,12-14,16-17H2,1,3H3,(H,25,29). The number of hydrogen-bond donors (Lipinski definition) is 1. The van der Waals surface area contributed by atoms with Gasteiger partial charge in [0, 0.05) is 24.5 Å². The van der Waals surface area contributed by atoms with Crippen LogP contribution < -0.4 is 10.1 Å². The van der Waals surface area contributed by atoms with E-state index in [-0.39, 0.29) is 24.5 Å². The second kappa shape index (κ2) is 11.0. The van der Waals surface area contributed by atoms with Crippen molar-refractivity contribution < 1.29 is 14.3 Å². The van der Waals surface area contributed by atoms with E-state index in [0.717, 1.165) is 29.7 Å². The summed E-state index contributed by atoms with van der Waals surface area (Å²) < 4.78 is 6.14. The van der Waals surface area contributed by atoms with E-state index in [1.54, 1.807) is 17.4 Å². The molecule has 0 spiro atoms. The first-order valence-corrected chi connectivity index (χ1v) is 11.6. The molecule has 0 saturated carbocycles. The largest absolute Gasteiger partial charge is 0.491 e. The molecule has 1 N–H and O–H groups in total. The number of amides is 3. The average molecular weight is 442 g/mol. The maximum Gasteiger partial charge on any atom is 0.318 e. The summed E-state index contributed by atoms with van der Waals surface area (Å²) in [5, 5.41) is 4.92. The van der Waals surface area contributed by atoms with Crippen LogP contribution in [-0.4, -0.2) is 54.5 Å². The number of benzene rings is 1. The Morgan fingerprint density at radius 3 is 2.90 bits per heavy atom. The number of carbonyl (C=O) groups is 2. The van der Waals surface area contributed by atoms with Gasteiger partial charge in [0.25, 0.3) is 0 Å². The number of nitrogens with one attached hydrogen (secondary N) is 1. The van der Waals surface area contributed by atoms with Crippen LogP contribution in [0.25, 0.3) is 0 Å². The van der Waals surface area contributed by atoms with E-state index < -0.39 is 0 Å². The number of ether oxygens (including phenoxy) is 1. The minimum absolute atomic E-state index is 0.0158. The van der Waals surface area contributed by atoms with E-state index in [4.69, 9.17) is 4.74 Å². The Morgan fingerprint density at radius 2 is 2.16 bits per heavy atom. The van der Waals surface area contributed by atoms with E-state index >= 15 is 0 Å². The van der Waals surface area contributed by atoms with Gasteiger partial charge in [-0.1, -0.05) is 31.2 Å². The summed E-state index contributed by atoms with van der Waals surface area (Å²) in [6, 6.07) is 9.56. The van der Waals surface area contributed by atoms with Crippen LogP contribution in [0.4, 0.5) is 4.79 Å². The number of nitrogens with zero attached hydrogens (tertiary/aromatic N) is 2. The molecule has 0 fully saturated rings. The molecule has 1 unspecified atom stereocenters. The summed E-state index contributed by atoms with van der Waals surface area (Å²) >= 11 is 1.72. The zero-order chi connectivity index (χ0) is 22.2. The lowest BCUT2D eigenvalue weighted by Gasteiger charge is -2.37. The molecule has 6 nitrogen and oxygen atoms in total. The predicted molar refractivity (Wildman–Crippen MR) is 125 cm³/mol. The van der Waals surface area contributed by atoms with E-state index in [1.165, 1.54) is 9.78 Å². The Kier molecular flexibility index (Phi) is 8.12. The number of fused-ring (bicyclic) bond motifs is 1. The first-order chi connectivity index (χ1) is 15.0. The lowest BCUT2D eigenvalue weighted by molar-refractivity contribution is -0.135. The molecule has 2 aromatic rings. The third kappa shape index (κ3) is 5.67. The summed E-state index contributed by atoms with van der Waals surface area (Å²) in [5.74, 6) is 0.744. The summed E-state index contributed by atoms with van der Waals surface area (Å²) in [5.41, 5.74) is 2.20. The van der Waals surface area contributed by atoms with E-state index in [9.17, 15) is 9.59 Å². The summed E-state index contributed by atoms with van der Waals surface area (Å²) in [7, 11) is 0. The number of carbonyl (C=O) groups excluding carboxylic acids is 2. The molecule has 1 aliphatic heterocycles. The quantitative estimate of drug-likeness (QED) is 0.594. The Bertz CT molecular complexity index is 911. The molecule has 7 heteroatoms. The normalized spacial score (nSPS) is 15.2. The topological polar surface area (TPSA) is 61.9 Å². The fourth-order valence-corrected chi connectivity index (χ4v) is 4.66. The molecule has 0 radical (unpaired) electrons. The monoisotopic (exact) mass is 441 g/mol. The van der Waals surface area contributed by atoms with Crippen LogP contribution in [0.5, 0.6) is 5.75 Å². The van der Waals surface area contributed by atoms with Gasteiger partial charge in [0.1, 0.15) is 18.9 Å². The number of para-hydroxylation sites is 1. The molecular weight excluding hydrogens is 410 g/mol. The maximum absolute atomic E-state index is 13.3. The molecule has 0 aliphatic carbocycles. The number of urea groups is 1. The Balaban J connectivity index is 1.75. The second-order valence-corrected chi connectivity index (χ2v) is 8.63. The number of hydrogen-bond acceptors (Lipinski definition) is 4. The first-order valence-electron chi connectivity index (χ1n) is 10.7. The zero-order valence-electron chi connectivity index (χ0n) is 18.3. The Morgan fingerprint density at radius 1 is 1.35 bits per heavy atom. The minimum atomic E-state index is -0.240. The van der Waals surface area contributed by atoms with Gasteiger partial charge in [0.05, 0.1) is 6.04 Å². The highest BCUT2D eigenvalue weighted by molar-refractivity contribution is 7.10. The van der Waals surface area contributed by atoms with E-state index in [1.807, 2.05) is 43.0 Å². The first kappa shape index (κ1) is 22.9. The van der Waals surface area contributed by atoms with Crippen molar-refractivity contribution in [3.05, 3.63) is 64.4 Å². The number of aryl methyl sites for hydroxylation is 1. The fourth-order valence-electron chi connectivity index (χ4n) is 3.73.